The molecule has 1 rings (SSSR count). The van der Waals surface area contributed by atoms with Gasteiger partial charge in [-0.3, -0.25) is 0 Å². The number of nitrogens with zero attached hydrogens (tertiary/aromatic N) is 1. The van der Waals surface area contributed by atoms with Crippen LogP contribution in [-0.4, -0.2) is 8.42 Å². The second kappa shape index (κ2) is 2.67. The molecule has 0 aromatic carbocycles. The minimum Gasteiger partial charge on any atom is -0.619 e. The molecule has 0 fully saturated rings. The Morgan fingerprint density at radius 2 is 1.82 bits per heavy atom. The van der Waals surface area contributed by atoms with E-state index in [1.165, 1.54) is 0 Å². The molecule has 0 saturated carbocycles. The number of pyridine rings is 1. The van der Waals surface area contributed by atoms with E-state index >= 15 is 0 Å². The normalized spacial score (nSPS) is 11.4. The Morgan fingerprint density at radius 3 is 2.18 bits per heavy atom. The molecule has 0 aliphatic carbocycles. The van der Waals surface area contributed by atoms with Gasteiger partial charge in [0.2, 0.25) is 0 Å². The SMILES string of the molecule is O=S(=O)(Cl)c1cc[n+]([O-])cc1. The summed E-state index contributed by atoms with van der Waals surface area (Å²) in [5.41, 5.74) is 0. The number of rotatable bonds is 1. The lowest BCUT2D eigenvalue weighted by atomic mass is 10.5. The third-order valence-corrected chi connectivity index (χ3v) is 2.42. The zero-order chi connectivity index (χ0) is 8.48. The van der Waals surface area contributed by atoms with E-state index in [1.54, 1.807) is 0 Å². The standard InChI is InChI=1S/C5H4ClNO3S/c6-11(9,10)5-1-3-7(8)4-2-5/h1-4H. The summed E-state index contributed by atoms with van der Waals surface area (Å²) in [6, 6.07) is 2.27. The van der Waals surface area contributed by atoms with Gasteiger partial charge in [-0.1, -0.05) is 0 Å². The maximum absolute atomic E-state index is 10.6. The zero-order valence-corrected chi connectivity index (χ0v) is 6.84. The van der Waals surface area contributed by atoms with Gasteiger partial charge >= 0.3 is 0 Å². The summed E-state index contributed by atoms with van der Waals surface area (Å²) in [5, 5.41) is 10.4. The second-order valence-corrected chi connectivity index (χ2v) is 4.40. The Bertz CT molecular complexity index is 344. The van der Waals surface area contributed by atoms with E-state index in [0.717, 1.165) is 24.5 Å². The van der Waals surface area contributed by atoms with Crippen molar-refractivity contribution in [2.75, 3.05) is 0 Å². The highest BCUT2D eigenvalue weighted by atomic mass is 35.7. The maximum atomic E-state index is 10.6. The molecule has 0 N–H and O–H groups in total. The molecule has 1 aromatic heterocycles. The first-order valence-corrected chi connectivity index (χ1v) is 4.94. The minimum atomic E-state index is -3.70. The quantitative estimate of drug-likeness (QED) is 0.365. The van der Waals surface area contributed by atoms with Crippen LogP contribution < -0.4 is 4.73 Å². The Hall–Kier alpha value is -0.810. The molecule has 0 aliphatic heterocycles. The van der Waals surface area contributed by atoms with Gasteiger partial charge in [0.15, 0.2) is 12.4 Å². The first kappa shape index (κ1) is 8.29. The van der Waals surface area contributed by atoms with Crippen LogP contribution in [0, 0.1) is 5.21 Å². The largest absolute Gasteiger partial charge is 0.619 e. The predicted octanol–water partition coefficient (Wildman–Crippen LogP) is 0.248. The van der Waals surface area contributed by atoms with Gasteiger partial charge in [0.25, 0.3) is 9.05 Å². The van der Waals surface area contributed by atoms with Crippen molar-refractivity contribution >= 4 is 19.7 Å². The van der Waals surface area contributed by atoms with Crippen LogP contribution in [0.4, 0.5) is 0 Å². The summed E-state index contributed by atoms with van der Waals surface area (Å²) in [6.45, 7) is 0. The van der Waals surface area contributed by atoms with Gasteiger partial charge in [-0.15, -0.1) is 0 Å². The van der Waals surface area contributed by atoms with Crippen molar-refractivity contribution in [3.05, 3.63) is 29.7 Å². The van der Waals surface area contributed by atoms with Crippen molar-refractivity contribution in [3.63, 3.8) is 0 Å². The molecule has 0 saturated heterocycles. The maximum Gasteiger partial charge on any atom is 0.261 e. The number of halogens is 1. The third kappa shape index (κ3) is 2.06. The molecular formula is C5H4ClNO3S. The van der Waals surface area contributed by atoms with Crippen molar-refractivity contribution in [2.45, 2.75) is 4.90 Å². The molecule has 1 heterocycles. The molecule has 11 heavy (non-hydrogen) atoms. The van der Waals surface area contributed by atoms with Crippen molar-refractivity contribution in [1.82, 2.24) is 0 Å². The van der Waals surface area contributed by atoms with Crippen LogP contribution in [0.25, 0.3) is 0 Å². The second-order valence-electron chi connectivity index (χ2n) is 1.83. The van der Waals surface area contributed by atoms with Gasteiger partial charge in [-0.05, 0) is 0 Å². The smallest absolute Gasteiger partial charge is 0.261 e. The summed E-state index contributed by atoms with van der Waals surface area (Å²) >= 11 is 0. The highest BCUT2D eigenvalue weighted by molar-refractivity contribution is 8.13. The average molecular weight is 194 g/mol. The van der Waals surface area contributed by atoms with Crippen molar-refractivity contribution in [2.24, 2.45) is 0 Å². The molecule has 0 bridgehead atoms. The van der Waals surface area contributed by atoms with E-state index in [2.05, 4.69) is 0 Å². The molecular weight excluding hydrogens is 190 g/mol. The fourth-order valence-corrected chi connectivity index (χ4v) is 1.32. The molecule has 0 spiro atoms. The molecule has 60 valence electrons. The van der Waals surface area contributed by atoms with Crippen LogP contribution in [0.15, 0.2) is 29.4 Å². The van der Waals surface area contributed by atoms with E-state index in [1.807, 2.05) is 0 Å². The van der Waals surface area contributed by atoms with Gasteiger partial charge < -0.3 is 5.21 Å². The van der Waals surface area contributed by atoms with Crippen LogP contribution >= 0.6 is 10.7 Å². The van der Waals surface area contributed by atoms with Gasteiger partial charge in [0.1, 0.15) is 0 Å². The lowest BCUT2D eigenvalue weighted by Crippen LogP contribution is -2.23. The fraction of sp³-hybridized carbons (Fsp3) is 0. The van der Waals surface area contributed by atoms with Crippen molar-refractivity contribution in [3.8, 4) is 0 Å². The van der Waals surface area contributed by atoms with Crippen LogP contribution in [0.3, 0.4) is 0 Å². The summed E-state index contributed by atoms with van der Waals surface area (Å²) in [5.74, 6) is 0. The molecule has 0 amide bonds. The Balaban J connectivity index is 3.20. The molecule has 4 nitrogen and oxygen atoms in total. The first-order valence-electron chi connectivity index (χ1n) is 2.63. The summed E-state index contributed by atoms with van der Waals surface area (Å²) in [7, 11) is 1.27. The van der Waals surface area contributed by atoms with E-state index in [0.29, 0.717) is 4.73 Å². The molecule has 0 unspecified atom stereocenters. The topological polar surface area (TPSA) is 61.1 Å². The molecule has 6 heteroatoms. The Morgan fingerprint density at radius 1 is 1.36 bits per heavy atom. The molecule has 0 atom stereocenters. The van der Waals surface area contributed by atoms with Crippen LogP contribution in [0.1, 0.15) is 0 Å². The van der Waals surface area contributed by atoms with Gasteiger partial charge in [-0.25, -0.2) is 8.42 Å². The molecule has 1 aromatic rings. The minimum absolute atomic E-state index is 0.0775. The van der Waals surface area contributed by atoms with E-state index in [9.17, 15) is 13.6 Å². The van der Waals surface area contributed by atoms with Crippen LogP contribution in [0.5, 0.6) is 0 Å². The molecule has 0 radical (unpaired) electrons. The van der Waals surface area contributed by atoms with Crippen molar-refractivity contribution < 1.29 is 13.1 Å². The van der Waals surface area contributed by atoms with E-state index < -0.39 is 9.05 Å². The predicted molar refractivity (Wildman–Crippen MR) is 38.4 cm³/mol. The highest BCUT2D eigenvalue weighted by Crippen LogP contribution is 2.11. The lowest BCUT2D eigenvalue weighted by molar-refractivity contribution is -0.605. The van der Waals surface area contributed by atoms with Crippen molar-refractivity contribution in [1.29, 1.82) is 0 Å². The summed E-state index contributed by atoms with van der Waals surface area (Å²) < 4.78 is 21.7. The first-order chi connectivity index (χ1) is 5.00. The van der Waals surface area contributed by atoms with Crippen LogP contribution in [-0.2, 0) is 9.05 Å². The Kier molecular flexibility index (Phi) is 2.01. The molecule has 0 aliphatic rings. The average Bonchev–Trinajstić information content (AvgIpc) is 1.86. The zero-order valence-electron chi connectivity index (χ0n) is 5.27. The van der Waals surface area contributed by atoms with E-state index in [4.69, 9.17) is 10.7 Å². The number of hydrogen-bond acceptors (Lipinski definition) is 3. The van der Waals surface area contributed by atoms with Gasteiger partial charge in [-0.2, -0.15) is 4.73 Å². The van der Waals surface area contributed by atoms with Gasteiger partial charge in [0, 0.05) is 22.8 Å². The van der Waals surface area contributed by atoms with Gasteiger partial charge in [0.05, 0.1) is 4.90 Å². The lowest BCUT2D eigenvalue weighted by Gasteiger charge is -1.95. The number of aromatic nitrogens is 1. The summed E-state index contributed by atoms with van der Waals surface area (Å²) in [4.78, 5) is -0.0775. The number of hydrogen-bond donors (Lipinski definition) is 0. The summed E-state index contributed by atoms with van der Waals surface area (Å²) in [6.07, 6.45) is 2.13. The monoisotopic (exact) mass is 193 g/mol. The van der Waals surface area contributed by atoms with E-state index in [-0.39, 0.29) is 4.90 Å². The van der Waals surface area contributed by atoms with Crippen LogP contribution in [0.2, 0.25) is 0 Å². The highest BCUT2D eigenvalue weighted by Gasteiger charge is 2.09. The third-order valence-electron chi connectivity index (χ3n) is 1.05. The Labute approximate surface area is 68.0 Å². The fourth-order valence-electron chi connectivity index (χ4n) is 0.562.